The Kier molecular flexibility index (Phi) is 4.64. The van der Waals surface area contributed by atoms with E-state index in [0.29, 0.717) is 19.1 Å². The Morgan fingerprint density at radius 1 is 1.58 bits per heavy atom. The zero-order valence-corrected chi connectivity index (χ0v) is 12.0. The Morgan fingerprint density at radius 2 is 2.37 bits per heavy atom. The van der Waals surface area contributed by atoms with Gasteiger partial charge >= 0.3 is 0 Å². The molecule has 2 unspecified atom stereocenters. The number of furan rings is 1. The van der Waals surface area contributed by atoms with Crippen LogP contribution in [0.15, 0.2) is 22.8 Å². The van der Waals surface area contributed by atoms with Gasteiger partial charge in [-0.1, -0.05) is 13.8 Å². The molecule has 0 saturated heterocycles. The molecule has 1 heterocycles. The maximum atomic E-state index is 12.5. The molecule has 0 radical (unpaired) electrons. The van der Waals surface area contributed by atoms with E-state index in [9.17, 15) is 4.79 Å². The van der Waals surface area contributed by atoms with E-state index in [1.165, 1.54) is 0 Å². The van der Waals surface area contributed by atoms with Crippen LogP contribution >= 0.6 is 0 Å². The van der Waals surface area contributed by atoms with E-state index in [2.05, 4.69) is 13.8 Å². The van der Waals surface area contributed by atoms with Gasteiger partial charge < -0.3 is 14.1 Å². The van der Waals surface area contributed by atoms with Crippen molar-refractivity contribution in [3.8, 4) is 0 Å². The number of carbonyl (C=O) groups is 1. The first-order valence-electron chi connectivity index (χ1n) is 6.94. The summed E-state index contributed by atoms with van der Waals surface area (Å²) in [6.07, 6.45) is 2.58. The van der Waals surface area contributed by atoms with Crippen LogP contribution in [0.25, 0.3) is 0 Å². The number of carbonyl (C=O) groups excluding carboxylic acids is 1. The number of rotatable bonds is 7. The molecular weight excluding hydrogens is 242 g/mol. The van der Waals surface area contributed by atoms with Gasteiger partial charge in [0.2, 0.25) is 5.91 Å². The van der Waals surface area contributed by atoms with E-state index >= 15 is 0 Å². The van der Waals surface area contributed by atoms with Gasteiger partial charge in [-0.05, 0) is 24.5 Å². The van der Waals surface area contributed by atoms with Crippen LogP contribution in [0.3, 0.4) is 0 Å². The predicted molar refractivity (Wildman–Crippen MR) is 72.9 cm³/mol. The zero-order valence-electron chi connectivity index (χ0n) is 12.0. The third-order valence-electron chi connectivity index (χ3n) is 3.48. The molecule has 1 aliphatic carbocycles. The third-order valence-corrected chi connectivity index (χ3v) is 3.48. The number of hydrogen-bond acceptors (Lipinski definition) is 3. The van der Waals surface area contributed by atoms with Crippen LogP contribution < -0.4 is 0 Å². The summed E-state index contributed by atoms with van der Waals surface area (Å²) in [7, 11) is 1.67. The van der Waals surface area contributed by atoms with Crippen molar-refractivity contribution in [2.45, 2.75) is 26.2 Å². The standard InChI is InChI=1S/C15H23NO3/c1-11(2)10-16(6-8-18-3)15(17)13-9-12(13)14-5-4-7-19-14/h4-5,7,11-13H,6,8-10H2,1-3H3. The monoisotopic (exact) mass is 265 g/mol. The van der Waals surface area contributed by atoms with Crippen LogP contribution in [0.2, 0.25) is 0 Å². The van der Waals surface area contributed by atoms with Crippen molar-refractivity contribution in [2.75, 3.05) is 26.8 Å². The van der Waals surface area contributed by atoms with Gasteiger partial charge in [0.05, 0.1) is 12.9 Å². The Balaban J connectivity index is 1.92. The van der Waals surface area contributed by atoms with Crippen molar-refractivity contribution in [1.82, 2.24) is 4.90 Å². The average Bonchev–Trinajstić information content (AvgIpc) is 2.99. The number of amides is 1. The predicted octanol–water partition coefficient (Wildman–Crippen LogP) is 2.51. The Morgan fingerprint density at radius 3 is 2.95 bits per heavy atom. The van der Waals surface area contributed by atoms with Crippen LogP contribution in [-0.2, 0) is 9.53 Å². The largest absolute Gasteiger partial charge is 0.469 e. The summed E-state index contributed by atoms with van der Waals surface area (Å²) in [6.45, 7) is 6.32. The highest BCUT2D eigenvalue weighted by Gasteiger charge is 2.47. The third kappa shape index (κ3) is 3.60. The molecule has 1 fully saturated rings. The lowest BCUT2D eigenvalue weighted by Gasteiger charge is -2.24. The normalized spacial score (nSPS) is 21.7. The molecule has 0 N–H and O–H groups in total. The number of methoxy groups -OCH3 is 1. The molecule has 1 amide bonds. The minimum Gasteiger partial charge on any atom is -0.469 e. The molecule has 2 atom stereocenters. The second-order valence-electron chi connectivity index (χ2n) is 5.64. The lowest BCUT2D eigenvalue weighted by atomic mass is 10.1. The van der Waals surface area contributed by atoms with Crippen molar-refractivity contribution in [2.24, 2.45) is 11.8 Å². The summed E-state index contributed by atoms with van der Waals surface area (Å²) in [6, 6.07) is 3.84. The van der Waals surface area contributed by atoms with Gasteiger partial charge in [0.15, 0.2) is 0 Å². The van der Waals surface area contributed by atoms with Crippen molar-refractivity contribution in [1.29, 1.82) is 0 Å². The molecule has 0 bridgehead atoms. The molecular formula is C15H23NO3. The summed E-state index contributed by atoms with van der Waals surface area (Å²) in [5.41, 5.74) is 0. The SMILES string of the molecule is COCCN(CC(C)C)C(=O)C1CC1c1ccco1. The minimum absolute atomic E-state index is 0.0988. The Labute approximate surface area is 114 Å². The van der Waals surface area contributed by atoms with Gasteiger partial charge in [0.1, 0.15) is 5.76 Å². The fraction of sp³-hybridized carbons (Fsp3) is 0.667. The van der Waals surface area contributed by atoms with Crippen LogP contribution in [-0.4, -0.2) is 37.6 Å². The summed E-state index contributed by atoms with van der Waals surface area (Å²) in [4.78, 5) is 14.4. The first-order chi connectivity index (χ1) is 9.13. The van der Waals surface area contributed by atoms with Gasteiger partial charge in [-0.25, -0.2) is 0 Å². The molecule has 0 spiro atoms. The molecule has 106 valence electrons. The quantitative estimate of drug-likeness (QED) is 0.760. The van der Waals surface area contributed by atoms with Gasteiger partial charge in [-0.15, -0.1) is 0 Å². The number of nitrogens with zero attached hydrogens (tertiary/aromatic N) is 1. The molecule has 1 aromatic rings. The van der Waals surface area contributed by atoms with E-state index < -0.39 is 0 Å². The maximum Gasteiger partial charge on any atom is 0.226 e. The highest BCUT2D eigenvalue weighted by molar-refractivity contribution is 5.82. The molecule has 0 aliphatic heterocycles. The smallest absolute Gasteiger partial charge is 0.226 e. The molecule has 2 rings (SSSR count). The van der Waals surface area contributed by atoms with E-state index in [1.54, 1.807) is 13.4 Å². The first-order valence-corrected chi connectivity index (χ1v) is 6.94. The van der Waals surface area contributed by atoms with E-state index in [0.717, 1.165) is 18.7 Å². The number of ether oxygens (including phenoxy) is 1. The zero-order chi connectivity index (χ0) is 13.8. The van der Waals surface area contributed by atoms with Gasteiger partial charge in [0.25, 0.3) is 0 Å². The van der Waals surface area contributed by atoms with Crippen molar-refractivity contribution >= 4 is 5.91 Å². The fourth-order valence-corrected chi connectivity index (χ4v) is 2.45. The molecule has 19 heavy (non-hydrogen) atoms. The molecule has 1 aromatic heterocycles. The van der Waals surface area contributed by atoms with Gasteiger partial charge in [-0.3, -0.25) is 4.79 Å². The first kappa shape index (κ1) is 14.1. The lowest BCUT2D eigenvalue weighted by Crippen LogP contribution is -2.38. The van der Waals surface area contributed by atoms with Gasteiger partial charge in [-0.2, -0.15) is 0 Å². The lowest BCUT2D eigenvalue weighted by molar-refractivity contribution is -0.133. The second kappa shape index (κ2) is 6.24. The summed E-state index contributed by atoms with van der Waals surface area (Å²) >= 11 is 0. The summed E-state index contributed by atoms with van der Waals surface area (Å²) in [5.74, 6) is 2.03. The number of hydrogen-bond donors (Lipinski definition) is 0. The maximum absolute atomic E-state index is 12.5. The van der Waals surface area contributed by atoms with Crippen LogP contribution in [0.4, 0.5) is 0 Å². The molecule has 1 aliphatic rings. The van der Waals surface area contributed by atoms with Crippen molar-refractivity contribution in [3.63, 3.8) is 0 Å². The average molecular weight is 265 g/mol. The van der Waals surface area contributed by atoms with Crippen LogP contribution in [0.5, 0.6) is 0 Å². The van der Waals surface area contributed by atoms with Crippen LogP contribution in [0, 0.1) is 11.8 Å². The Bertz CT molecular complexity index is 400. The van der Waals surface area contributed by atoms with E-state index in [1.807, 2.05) is 17.0 Å². The molecule has 4 heteroatoms. The Hall–Kier alpha value is -1.29. The highest BCUT2D eigenvalue weighted by atomic mass is 16.5. The van der Waals surface area contributed by atoms with Crippen LogP contribution in [0.1, 0.15) is 31.9 Å². The molecule has 0 aromatic carbocycles. The fourth-order valence-electron chi connectivity index (χ4n) is 2.45. The van der Waals surface area contributed by atoms with Gasteiger partial charge in [0, 0.05) is 32.0 Å². The topological polar surface area (TPSA) is 42.7 Å². The minimum atomic E-state index is 0.0988. The molecule has 4 nitrogen and oxygen atoms in total. The highest BCUT2D eigenvalue weighted by Crippen LogP contribution is 2.48. The van der Waals surface area contributed by atoms with Crippen molar-refractivity contribution < 1.29 is 13.9 Å². The second-order valence-corrected chi connectivity index (χ2v) is 5.64. The van der Waals surface area contributed by atoms with Crippen molar-refractivity contribution in [3.05, 3.63) is 24.2 Å². The van der Waals surface area contributed by atoms with E-state index in [4.69, 9.17) is 9.15 Å². The summed E-state index contributed by atoms with van der Waals surface area (Å²) in [5, 5.41) is 0. The van der Waals surface area contributed by atoms with E-state index in [-0.39, 0.29) is 17.7 Å². The summed E-state index contributed by atoms with van der Waals surface area (Å²) < 4.78 is 10.5. The molecule has 1 saturated carbocycles.